The van der Waals surface area contributed by atoms with E-state index in [9.17, 15) is 31.1 Å². The minimum absolute atomic E-state index is 0.217. The van der Waals surface area contributed by atoms with Crippen molar-refractivity contribution >= 4 is 17.3 Å². The monoisotopic (exact) mass is 454 g/mol. The number of hydrogen-bond donors (Lipinski definition) is 2. The second-order valence-electron chi connectivity index (χ2n) is 7.30. The summed E-state index contributed by atoms with van der Waals surface area (Å²) in [6.45, 7) is 0.519. The molecule has 1 aliphatic rings. The van der Waals surface area contributed by atoms with Crippen molar-refractivity contribution in [3.05, 3.63) is 76.9 Å². The Morgan fingerprint density at radius 1 is 0.938 bits per heavy atom. The van der Waals surface area contributed by atoms with Crippen LogP contribution in [0.15, 0.2) is 48.7 Å². The van der Waals surface area contributed by atoms with Gasteiger partial charge in [0, 0.05) is 24.5 Å². The molecule has 1 amide bonds. The van der Waals surface area contributed by atoms with E-state index in [4.69, 9.17) is 0 Å². The standard InChI is InChI=1S/C21H16F6N4O/c22-20(23,24)14-2-5-15(6-3-14)29-16-4-1-13-11-31(8-7-12(13)9-16)18(32)17-10-28-19(30-17)21(25,26)27/h1-6,9-10,29H,7-8,11H2,(H,28,30). The zero-order valence-electron chi connectivity index (χ0n) is 16.3. The molecule has 168 valence electrons. The molecule has 4 rings (SSSR count). The molecule has 1 aromatic heterocycles. The maximum atomic E-state index is 12.7. The van der Waals surface area contributed by atoms with Gasteiger partial charge in [0.2, 0.25) is 5.82 Å². The molecule has 0 unspecified atom stereocenters. The number of nitrogens with zero attached hydrogens (tertiary/aromatic N) is 2. The van der Waals surface area contributed by atoms with E-state index in [1.54, 1.807) is 12.1 Å². The number of aromatic amines is 1. The van der Waals surface area contributed by atoms with Crippen LogP contribution in [0, 0.1) is 0 Å². The smallest absolute Gasteiger partial charge is 0.356 e. The summed E-state index contributed by atoms with van der Waals surface area (Å²) in [6, 6.07) is 9.99. The minimum atomic E-state index is -4.66. The highest BCUT2D eigenvalue weighted by Crippen LogP contribution is 2.31. The van der Waals surface area contributed by atoms with Crippen molar-refractivity contribution in [3.63, 3.8) is 0 Å². The minimum Gasteiger partial charge on any atom is -0.356 e. The number of hydrogen-bond acceptors (Lipinski definition) is 3. The first-order valence-corrected chi connectivity index (χ1v) is 9.48. The van der Waals surface area contributed by atoms with Crippen LogP contribution in [0.4, 0.5) is 37.7 Å². The SMILES string of the molecule is O=C(c1cnc(C(F)(F)F)[nH]1)N1CCc2cc(Nc3ccc(C(F)(F)F)cc3)ccc2C1. The zero-order valence-corrected chi connectivity index (χ0v) is 16.3. The summed E-state index contributed by atoms with van der Waals surface area (Å²) >= 11 is 0. The Morgan fingerprint density at radius 2 is 1.62 bits per heavy atom. The van der Waals surface area contributed by atoms with Crippen molar-refractivity contribution < 1.29 is 31.1 Å². The van der Waals surface area contributed by atoms with Gasteiger partial charge in [-0.2, -0.15) is 26.3 Å². The van der Waals surface area contributed by atoms with Gasteiger partial charge in [-0.15, -0.1) is 0 Å². The van der Waals surface area contributed by atoms with Crippen LogP contribution in [0.2, 0.25) is 0 Å². The fraction of sp³-hybridized carbons (Fsp3) is 0.238. The molecule has 0 aliphatic carbocycles. The van der Waals surface area contributed by atoms with Crippen LogP contribution in [-0.4, -0.2) is 27.3 Å². The summed E-state index contributed by atoms with van der Waals surface area (Å²) in [5.41, 5.74) is 1.96. The van der Waals surface area contributed by atoms with Crippen molar-refractivity contribution in [1.82, 2.24) is 14.9 Å². The van der Waals surface area contributed by atoms with Crippen molar-refractivity contribution in [2.45, 2.75) is 25.3 Å². The van der Waals surface area contributed by atoms with Crippen molar-refractivity contribution in [2.75, 3.05) is 11.9 Å². The number of H-pyrrole nitrogens is 1. The van der Waals surface area contributed by atoms with Gasteiger partial charge in [0.25, 0.3) is 5.91 Å². The number of alkyl halides is 6. The summed E-state index contributed by atoms with van der Waals surface area (Å²) in [4.78, 5) is 19.2. The van der Waals surface area contributed by atoms with Gasteiger partial charge in [-0.25, -0.2) is 4.98 Å². The first-order chi connectivity index (χ1) is 15.0. The van der Waals surface area contributed by atoms with Gasteiger partial charge in [0.15, 0.2) is 0 Å². The van der Waals surface area contributed by atoms with Crippen LogP contribution in [0.1, 0.15) is 33.0 Å². The number of imidazole rings is 1. The number of halogens is 6. The van der Waals surface area contributed by atoms with E-state index < -0.39 is 29.6 Å². The lowest BCUT2D eigenvalue weighted by molar-refractivity contribution is -0.144. The first kappa shape index (κ1) is 21.7. The normalized spacial score (nSPS) is 14.2. The molecule has 1 aliphatic heterocycles. The Morgan fingerprint density at radius 3 is 2.25 bits per heavy atom. The second-order valence-corrected chi connectivity index (χ2v) is 7.30. The summed E-state index contributed by atoms with van der Waals surface area (Å²) < 4.78 is 76.1. The van der Waals surface area contributed by atoms with E-state index in [2.05, 4.69) is 10.3 Å². The van der Waals surface area contributed by atoms with Crippen LogP contribution in [-0.2, 0) is 25.3 Å². The van der Waals surface area contributed by atoms with Crippen LogP contribution < -0.4 is 5.32 Å². The number of amides is 1. The van der Waals surface area contributed by atoms with Gasteiger partial charge >= 0.3 is 12.4 Å². The molecule has 3 aromatic rings. The molecule has 11 heteroatoms. The largest absolute Gasteiger partial charge is 0.449 e. The Balaban J connectivity index is 1.44. The summed E-state index contributed by atoms with van der Waals surface area (Å²) in [7, 11) is 0. The van der Waals surface area contributed by atoms with Crippen LogP contribution >= 0.6 is 0 Å². The number of benzene rings is 2. The maximum absolute atomic E-state index is 12.7. The number of carbonyl (C=O) groups is 1. The maximum Gasteiger partial charge on any atom is 0.449 e. The Labute approximate surface area is 178 Å². The first-order valence-electron chi connectivity index (χ1n) is 9.48. The third-order valence-corrected chi connectivity index (χ3v) is 5.08. The molecule has 0 saturated carbocycles. The van der Waals surface area contributed by atoms with E-state index in [0.717, 1.165) is 29.5 Å². The van der Waals surface area contributed by atoms with E-state index in [1.165, 1.54) is 17.0 Å². The third kappa shape index (κ3) is 4.56. The molecule has 2 heterocycles. The van der Waals surface area contributed by atoms with Crippen molar-refractivity contribution in [1.29, 1.82) is 0 Å². The average Bonchev–Trinajstić information content (AvgIpc) is 3.23. The quantitative estimate of drug-likeness (QED) is 0.522. The molecule has 0 bridgehead atoms. The van der Waals surface area contributed by atoms with Gasteiger partial charge in [-0.05, 0) is 53.9 Å². The topological polar surface area (TPSA) is 61.0 Å². The zero-order chi connectivity index (χ0) is 23.1. The van der Waals surface area contributed by atoms with E-state index in [-0.39, 0.29) is 12.2 Å². The summed E-state index contributed by atoms with van der Waals surface area (Å²) in [5.74, 6) is -1.80. The predicted molar refractivity (Wildman–Crippen MR) is 103 cm³/mol. The highest BCUT2D eigenvalue weighted by atomic mass is 19.4. The molecule has 2 N–H and O–H groups in total. The Kier molecular flexibility index (Phi) is 5.35. The second kappa shape index (κ2) is 7.88. The molecule has 0 spiro atoms. The highest BCUT2D eigenvalue weighted by molar-refractivity contribution is 5.92. The van der Waals surface area contributed by atoms with Crippen molar-refractivity contribution in [3.8, 4) is 0 Å². The summed E-state index contributed by atoms with van der Waals surface area (Å²) in [5, 5.41) is 3.04. The van der Waals surface area contributed by atoms with E-state index >= 15 is 0 Å². The molecular formula is C21H16F6N4O. The number of rotatable bonds is 3. The molecule has 2 aromatic carbocycles. The Bertz CT molecular complexity index is 1130. The summed E-state index contributed by atoms with van der Waals surface area (Å²) in [6.07, 6.45) is -7.72. The number of nitrogens with one attached hydrogen (secondary N) is 2. The fourth-order valence-corrected chi connectivity index (χ4v) is 3.46. The molecule has 5 nitrogen and oxygen atoms in total. The Hall–Kier alpha value is -3.50. The lowest BCUT2D eigenvalue weighted by Crippen LogP contribution is -2.36. The van der Waals surface area contributed by atoms with Crippen LogP contribution in [0.5, 0.6) is 0 Å². The van der Waals surface area contributed by atoms with Gasteiger partial charge in [-0.1, -0.05) is 6.07 Å². The van der Waals surface area contributed by atoms with Gasteiger partial charge in [0.1, 0.15) is 5.69 Å². The molecular weight excluding hydrogens is 438 g/mol. The predicted octanol–water partition coefficient (Wildman–Crippen LogP) is 5.39. The van der Waals surface area contributed by atoms with E-state index in [0.29, 0.717) is 24.3 Å². The van der Waals surface area contributed by atoms with E-state index in [1.807, 2.05) is 11.1 Å². The number of carbonyl (C=O) groups excluding carboxylic acids is 1. The molecule has 32 heavy (non-hydrogen) atoms. The third-order valence-electron chi connectivity index (χ3n) is 5.08. The molecule has 0 saturated heterocycles. The van der Waals surface area contributed by atoms with Gasteiger partial charge in [0.05, 0.1) is 11.8 Å². The van der Waals surface area contributed by atoms with Gasteiger partial charge < -0.3 is 15.2 Å². The molecule has 0 radical (unpaired) electrons. The van der Waals surface area contributed by atoms with Crippen LogP contribution in [0.25, 0.3) is 0 Å². The number of anilines is 2. The average molecular weight is 454 g/mol. The molecule has 0 fully saturated rings. The number of aromatic nitrogens is 2. The highest BCUT2D eigenvalue weighted by Gasteiger charge is 2.35. The lowest BCUT2D eigenvalue weighted by Gasteiger charge is -2.29. The van der Waals surface area contributed by atoms with Gasteiger partial charge in [-0.3, -0.25) is 4.79 Å². The fourth-order valence-electron chi connectivity index (χ4n) is 3.46. The molecule has 0 atom stereocenters. The van der Waals surface area contributed by atoms with Crippen molar-refractivity contribution in [2.24, 2.45) is 0 Å². The van der Waals surface area contributed by atoms with Crippen LogP contribution in [0.3, 0.4) is 0 Å². The lowest BCUT2D eigenvalue weighted by atomic mass is 9.98. The number of fused-ring (bicyclic) bond motifs is 1.